The van der Waals surface area contributed by atoms with E-state index in [9.17, 15) is 0 Å². The van der Waals surface area contributed by atoms with Crippen molar-refractivity contribution in [3.05, 3.63) is 46.7 Å². The Hall–Kier alpha value is -1.63. The zero-order valence-corrected chi connectivity index (χ0v) is 15.6. The first-order valence-electron chi connectivity index (χ1n) is 8.05. The van der Waals surface area contributed by atoms with E-state index < -0.39 is 0 Å². The molecule has 1 saturated heterocycles. The van der Waals surface area contributed by atoms with E-state index in [4.69, 9.17) is 23.8 Å². The number of anilines is 1. The number of nitrogens with one attached hydrogen (secondary N) is 1. The van der Waals surface area contributed by atoms with Crippen LogP contribution in [0.4, 0.5) is 5.69 Å². The van der Waals surface area contributed by atoms with Gasteiger partial charge in [0.1, 0.15) is 0 Å². The van der Waals surface area contributed by atoms with Crippen molar-refractivity contribution in [2.24, 2.45) is 7.05 Å². The van der Waals surface area contributed by atoms with Gasteiger partial charge in [-0.05, 0) is 30.8 Å². The van der Waals surface area contributed by atoms with Gasteiger partial charge in [-0.1, -0.05) is 29.8 Å². The fraction of sp³-hybridized carbons (Fsp3) is 0.412. The fourth-order valence-corrected chi connectivity index (χ4v) is 3.28. The van der Waals surface area contributed by atoms with Crippen LogP contribution in [0, 0.1) is 6.92 Å². The molecule has 0 saturated carbocycles. The highest BCUT2D eigenvalue weighted by atomic mass is 35.5. The highest BCUT2D eigenvalue weighted by Gasteiger charge is 2.20. The van der Waals surface area contributed by atoms with Crippen molar-refractivity contribution in [3.63, 3.8) is 0 Å². The lowest BCUT2D eigenvalue weighted by molar-refractivity contribution is 0.177. The summed E-state index contributed by atoms with van der Waals surface area (Å²) in [4.78, 5) is 4.63. The largest absolute Gasteiger partial charge is 0.346 e. The van der Waals surface area contributed by atoms with Gasteiger partial charge in [0.05, 0.1) is 17.6 Å². The highest BCUT2D eigenvalue weighted by Crippen LogP contribution is 2.18. The monoisotopic (exact) mass is 363 g/mol. The fourth-order valence-electron chi connectivity index (χ4n) is 2.79. The number of piperazine rings is 1. The molecule has 1 fully saturated rings. The van der Waals surface area contributed by atoms with Gasteiger partial charge >= 0.3 is 0 Å². The van der Waals surface area contributed by atoms with E-state index in [-0.39, 0.29) is 0 Å². The first-order chi connectivity index (χ1) is 11.5. The number of hydrogen-bond acceptors (Lipinski definition) is 3. The Balaban J connectivity index is 1.52. The van der Waals surface area contributed by atoms with Crippen molar-refractivity contribution in [2.45, 2.75) is 13.5 Å². The Labute approximate surface area is 153 Å². The smallest absolute Gasteiger partial charge is 0.173 e. The average molecular weight is 364 g/mol. The van der Waals surface area contributed by atoms with Crippen LogP contribution in [-0.2, 0) is 13.6 Å². The predicted molar refractivity (Wildman–Crippen MR) is 102 cm³/mol. The molecule has 1 N–H and O–H groups in total. The maximum absolute atomic E-state index is 6.25. The summed E-state index contributed by atoms with van der Waals surface area (Å²) in [5, 5.41) is 9.15. The molecule has 2 aromatic rings. The summed E-state index contributed by atoms with van der Waals surface area (Å²) in [6, 6.07) is 8.04. The van der Waals surface area contributed by atoms with E-state index >= 15 is 0 Å². The molecule has 1 aromatic heterocycles. The second kappa shape index (κ2) is 7.51. The Morgan fingerprint density at radius 3 is 2.58 bits per heavy atom. The number of halogens is 1. The molecule has 3 rings (SSSR count). The topological polar surface area (TPSA) is 36.3 Å². The molecular formula is C17H22ClN5S. The van der Waals surface area contributed by atoms with Gasteiger partial charge in [0, 0.05) is 44.8 Å². The van der Waals surface area contributed by atoms with Gasteiger partial charge in [-0.3, -0.25) is 9.58 Å². The Kier molecular flexibility index (Phi) is 5.38. The Morgan fingerprint density at radius 1 is 1.25 bits per heavy atom. The first kappa shape index (κ1) is 17.2. The van der Waals surface area contributed by atoms with Gasteiger partial charge in [0.25, 0.3) is 0 Å². The molecule has 2 heterocycles. The van der Waals surface area contributed by atoms with E-state index in [1.807, 2.05) is 43.0 Å². The SMILES string of the molecule is Cc1c(NC(=S)N2CCN(Cc3ccccc3Cl)CC2)cnn1C. The Morgan fingerprint density at radius 2 is 1.96 bits per heavy atom. The van der Waals surface area contributed by atoms with Gasteiger partial charge in [-0.25, -0.2) is 0 Å². The number of aryl methyl sites for hydroxylation is 1. The van der Waals surface area contributed by atoms with Crippen LogP contribution < -0.4 is 5.32 Å². The lowest BCUT2D eigenvalue weighted by Gasteiger charge is -2.36. The van der Waals surface area contributed by atoms with E-state index in [1.165, 1.54) is 5.56 Å². The molecule has 128 valence electrons. The summed E-state index contributed by atoms with van der Waals surface area (Å²) in [5.74, 6) is 0. The number of rotatable bonds is 3. The summed E-state index contributed by atoms with van der Waals surface area (Å²) in [6.07, 6.45) is 1.81. The molecule has 1 aliphatic rings. The number of benzene rings is 1. The molecular weight excluding hydrogens is 342 g/mol. The van der Waals surface area contributed by atoms with Crippen LogP contribution in [0.2, 0.25) is 5.02 Å². The standard InChI is InChI=1S/C17H22ClN5S/c1-13-16(11-19-21(13)2)20-17(24)23-9-7-22(8-10-23)12-14-5-3-4-6-15(14)18/h3-6,11H,7-10,12H2,1-2H3,(H,20,24). The van der Waals surface area contributed by atoms with Crippen molar-refractivity contribution in [1.82, 2.24) is 19.6 Å². The number of thiocarbonyl (C=S) groups is 1. The molecule has 5 nitrogen and oxygen atoms in total. The van der Waals surface area contributed by atoms with Crippen LogP contribution in [0.25, 0.3) is 0 Å². The zero-order valence-electron chi connectivity index (χ0n) is 14.0. The molecule has 0 aliphatic carbocycles. The van der Waals surface area contributed by atoms with Crippen molar-refractivity contribution in [1.29, 1.82) is 0 Å². The van der Waals surface area contributed by atoms with Crippen LogP contribution in [0.3, 0.4) is 0 Å². The lowest BCUT2D eigenvalue weighted by Crippen LogP contribution is -2.49. The third-order valence-corrected chi connectivity index (χ3v) is 5.22. The second-order valence-corrected chi connectivity index (χ2v) is 6.85. The van der Waals surface area contributed by atoms with Crippen molar-refractivity contribution in [2.75, 3.05) is 31.5 Å². The third kappa shape index (κ3) is 3.88. The summed E-state index contributed by atoms with van der Waals surface area (Å²) >= 11 is 11.8. The molecule has 7 heteroatoms. The van der Waals surface area contributed by atoms with Crippen LogP contribution in [0.5, 0.6) is 0 Å². The zero-order chi connectivity index (χ0) is 17.1. The van der Waals surface area contributed by atoms with Crippen LogP contribution in [0.15, 0.2) is 30.5 Å². The molecule has 0 unspecified atom stereocenters. The summed E-state index contributed by atoms with van der Waals surface area (Å²) in [7, 11) is 1.93. The third-order valence-electron chi connectivity index (χ3n) is 4.49. The maximum atomic E-state index is 6.25. The lowest BCUT2D eigenvalue weighted by atomic mass is 10.2. The van der Waals surface area contributed by atoms with Crippen LogP contribution in [0.1, 0.15) is 11.3 Å². The number of aromatic nitrogens is 2. The van der Waals surface area contributed by atoms with Gasteiger partial charge in [-0.2, -0.15) is 5.10 Å². The maximum Gasteiger partial charge on any atom is 0.173 e. The number of hydrogen-bond donors (Lipinski definition) is 1. The summed E-state index contributed by atoms with van der Waals surface area (Å²) < 4.78 is 1.84. The van der Waals surface area contributed by atoms with Crippen molar-refractivity contribution in [3.8, 4) is 0 Å². The molecule has 0 radical (unpaired) electrons. The van der Waals surface area contributed by atoms with Gasteiger partial charge in [0.15, 0.2) is 5.11 Å². The molecule has 1 aromatic carbocycles. The molecule has 0 amide bonds. The minimum Gasteiger partial charge on any atom is -0.346 e. The minimum atomic E-state index is 0.767. The minimum absolute atomic E-state index is 0.767. The van der Waals surface area contributed by atoms with Crippen molar-refractivity contribution >= 4 is 34.6 Å². The van der Waals surface area contributed by atoms with E-state index in [0.717, 1.165) is 54.2 Å². The number of nitrogens with zero attached hydrogens (tertiary/aromatic N) is 4. The van der Waals surface area contributed by atoms with E-state index in [2.05, 4.69) is 26.3 Å². The second-order valence-electron chi connectivity index (χ2n) is 6.05. The molecule has 0 atom stereocenters. The van der Waals surface area contributed by atoms with Gasteiger partial charge in [-0.15, -0.1) is 0 Å². The molecule has 1 aliphatic heterocycles. The van der Waals surface area contributed by atoms with Gasteiger partial charge < -0.3 is 10.2 Å². The summed E-state index contributed by atoms with van der Waals surface area (Å²) in [6.45, 7) is 6.68. The molecule has 0 spiro atoms. The molecule has 24 heavy (non-hydrogen) atoms. The van der Waals surface area contributed by atoms with Crippen LogP contribution >= 0.6 is 23.8 Å². The van der Waals surface area contributed by atoms with Crippen LogP contribution in [-0.4, -0.2) is 50.9 Å². The highest BCUT2D eigenvalue weighted by molar-refractivity contribution is 7.80. The van der Waals surface area contributed by atoms with Crippen molar-refractivity contribution < 1.29 is 0 Å². The van der Waals surface area contributed by atoms with Gasteiger partial charge in [0.2, 0.25) is 0 Å². The predicted octanol–water partition coefficient (Wildman–Crippen LogP) is 2.90. The first-order valence-corrected chi connectivity index (χ1v) is 8.83. The average Bonchev–Trinajstić information content (AvgIpc) is 2.90. The van der Waals surface area contributed by atoms with E-state index in [0.29, 0.717) is 0 Å². The van der Waals surface area contributed by atoms with E-state index in [1.54, 1.807) is 0 Å². The summed E-state index contributed by atoms with van der Waals surface area (Å²) in [5.41, 5.74) is 3.23. The molecule has 0 bridgehead atoms. The quantitative estimate of drug-likeness (QED) is 0.848. The Bertz CT molecular complexity index is 722. The normalized spacial score (nSPS) is 15.5.